The van der Waals surface area contributed by atoms with Crippen molar-refractivity contribution in [2.45, 2.75) is 405 Å². The Morgan fingerprint density at radius 1 is 0.273 bits per heavy atom. The van der Waals surface area contributed by atoms with Gasteiger partial charge in [0.1, 0.15) is 6.61 Å². The van der Waals surface area contributed by atoms with Crippen molar-refractivity contribution < 1.29 is 24.2 Å². The van der Waals surface area contributed by atoms with Crippen LogP contribution in [0.5, 0.6) is 0 Å². The third kappa shape index (κ3) is 75.3. The topological polar surface area (TPSA) is 72.8 Å². The molecule has 0 spiro atoms. The molecule has 0 aromatic carbocycles. The van der Waals surface area contributed by atoms with Crippen LogP contribution in [0.4, 0.5) is 0 Å². The van der Waals surface area contributed by atoms with E-state index in [0.717, 1.165) is 96.3 Å². The number of aliphatic hydroxyl groups excluding tert-OH is 1. The molecule has 510 valence electrons. The predicted octanol–water partition coefficient (Wildman–Crippen LogP) is 27.3. The lowest BCUT2D eigenvalue weighted by molar-refractivity contribution is -0.161. The van der Waals surface area contributed by atoms with Crippen molar-refractivity contribution in [3.8, 4) is 0 Å². The van der Waals surface area contributed by atoms with Crippen LogP contribution < -0.4 is 0 Å². The molecule has 0 aromatic rings. The molecule has 0 aliphatic carbocycles. The molecule has 5 nitrogen and oxygen atoms in total. The summed E-state index contributed by atoms with van der Waals surface area (Å²) >= 11 is 0. The van der Waals surface area contributed by atoms with Crippen LogP contribution in [-0.2, 0) is 19.1 Å². The Balaban J connectivity index is 3.43. The molecule has 1 unspecified atom stereocenters. The van der Waals surface area contributed by atoms with E-state index in [1.54, 1.807) is 0 Å². The van der Waals surface area contributed by atoms with Gasteiger partial charge in [0.05, 0.1) is 6.61 Å². The largest absolute Gasteiger partial charge is 0.462 e. The molecule has 1 atom stereocenters. The number of esters is 2. The molecule has 88 heavy (non-hydrogen) atoms. The summed E-state index contributed by atoms with van der Waals surface area (Å²) in [4.78, 5) is 24.7. The smallest absolute Gasteiger partial charge is 0.306 e. The minimum Gasteiger partial charge on any atom is -0.462 e. The van der Waals surface area contributed by atoms with Gasteiger partial charge in [-0.15, -0.1) is 0 Å². The Morgan fingerprint density at radius 3 is 0.739 bits per heavy atom. The molecule has 1 N–H and O–H groups in total. The summed E-state index contributed by atoms with van der Waals surface area (Å²) in [6.45, 7) is 4.07. The van der Waals surface area contributed by atoms with Crippen molar-refractivity contribution in [3.05, 3.63) is 97.2 Å². The molecule has 0 aliphatic heterocycles. The number of allylic oxidation sites excluding steroid dienone is 16. The minimum absolute atomic E-state index is 0.0700. The number of carbonyl (C=O) groups excluding carboxylic acids is 2. The van der Waals surface area contributed by atoms with Gasteiger partial charge in [0.2, 0.25) is 0 Å². The summed E-state index contributed by atoms with van der Waals surface area (Å²) < 4.78 is 10.8. The molecule has 0 aliphatic rings. The van der Waals surface area contributed by atoms with Gasteiger partial charge in [-0.1, -0.05) is 406 Å². The van der Waals surface area contributed by atoms with Crippen LogP contribution in [0.2, 0.25) is 0 Å². The standard InChI is InChI=1S/C83H148O5/c1-3-5-7-9-11-13-15-17-19-21-23-25-27-29-31-33-35-37-38-39-40-41-42-43-44-46-47-49-51-53-55-57-59-61-63-65-67-69-71-73-75-77-82(85)87-80-81(79-84)88-83(86)78-76-74-72-70-68-66-64-62-60-58-56-54-52-50-48-45-36-34-32-30-28-26-24-22-20-18-16-14-12-10-8-6-4-2/h6,8,12,14,18,20,24,26,30,32,36,45,50,52,56,58,81,84H,3-5,7,9-11,13,15-17,19,21-23,25,27-29,31,33-35,37-44,46-49,51,53-55,57,59-80H2,1-2H3/b8-6-,14-12-,20-18-,26-24-,32-30-,45-36-,52-50-,58-56-. The lowest BCUT2D eigenvalue weighted by Gasteiger charge is -2.15. The SMILES string of the molecule is CC/C=C\C/C=C\C/C=C\C/C=C\C/C=C\C/C=C\C/C=C\C/C=C\CCCCCCCCCCC(=O)OC(CO)COC(=O)CCCCCCCCCCCCCCCCCCCCCCCCCCCCCCCCCCCCCCCCCCC. The zero-order valence-electron chi connectivity index (χ0n) is 58.7. The first-order valence-corrected chi connectivity index (χ1v) is 38.8. The monoisotopic (exact) mass is 1230 g/mol. The van der Waals surface area contributed by atoms with Gasteiger partial charge >= 0.3 is 11.9 Å². The van der Waals surface area contributed by atoms with Gasteiger partial charge in [0.15, 0.2) is 6.10 Å². The van der Waals surface area contributed by atoms with Crippen molar-refractivity contribution in [1.82, 2.24) is 0 Å². The Hall–Kier alpha value is -3.18. The third-order valence-corrected chi connectivity index (χ3v) is 17.4. The zero-order chi connectivity index (χ0) is 63.3. The van der Waals surface area contributed by atoms with E-state index in [2.05, 4.69) is 111 Å². The number of aliphatic hydroxyl groups is 1. The second-order valence-electron chi connectivity index (χ2n) is 26.1. The highest BCUT2D eigenvalue weighted by atomic mass is 16.6. The van der Waals surface area contributed by atoms with Crippen molar-refractivity contribution in [2.75, 3.05) is 13.2 Å². The summed E-state index contributed by atoms with van der Waals surface area (Å²) in [7, 11) is 0. The van der Waals surface area contributed by atoms with Crippen LogP contribution in [0, 0.1) is 0 Å². The quantitative estimate of drug-likeness (QED) is 0.0373. The molecule has 0 amide bonds. The number of hydrogen-bond donors (Lipinski definition) is 1. The Bertz CT molecular complexity index is 1630. The fourth-order valence-corrected chi connectivity index (χ4v) is 11.6. The average Bonchev–Trinajstić information content (AvgIpc) is 3.56. The van der Waals surface area contributed by atoms with Gasteiger partial charge in [-0.3, -0.25) is 9.59 Å². The summed E-state index contributed by atoms with van der Waals surface area (Å²) in [5, 5.41) is 9.72. The first-order valence-electron chi connectivity index (χ1n) is 38.8. The summed E-state index contributed by atoms with van der Waals surface area (Å²) in [5.41, 5.74) is 0. The van der Waals surface area contributed by atoms with Crippen LogP contribution in [-0.4, -0.2) is 36.4 Å². The number of rotatable bonds is 72. The normalized spacial score (nSPS) is 12.7. The van der Waals surface area contributed by atoms with Gasteiger partial charge in [0, 0.05) is 12.8 Å². The van der Waals surface area contributed by atoms with Gasteiger partial charge in [-0.05, 0) is 77.0 Å². The van der Waals surface area contributed by atoms with Gasteiger partial charge in [-0.25, -0.2) is 0 Å². The highest BCUT2D eigenvalue weighted by molar-refractivity contribution is 5.70. The van der Waals surface area contributed by atoms with E-state index < -0.39 is 6.10 Å². The number of hydrogen-bond acceptors (Lipinski definition) is 5. The molecule has 0 fully saturated rings. The number of carbonyl (C=O) groups is 2. The van der Waals surface area contributed by atoms with Crippen molar-refractivity contribution in [1.29, 1.82) is 0 Å². The fourth-order valence-electron chi connectivity index (χ4n) is 11.6. The molecule has 0 bridgehead atoms. The number of unbranched alkanes of at least 4 members (excludes halogenated alkanes) is 48. The van der Waals surface area contributed by atoms with Gasteiger partial charge < -0.3 is 14.6 Å². The first-order chi connectivity index (χ1) is 43.6. The molecule has 5 heteroatoms. The third-order valence-electron chi connectivity index (χ3n) is 17.4. The predicted molar refractivity (Wildman–Crippen MR) is 389 cm³/mol. The van der Waals surface area contributed by atoms with E-state index >= 15 is 0 Å². The van der Waals surface area contributed by atoms with E-state index in [1.807, 2.05) is 0 Å². The van der Waals surface area contributed by atoms with Gasteiger partial charge in [0.25, 0.3) is 0 Å². The lowest BCUT2D eigenvalue weighted by Crippen LogP contribution is -2.28. The Kier molecular flexibility index (Phi) is 75.2. The first kappa shape index (κ1) is 84.8. The summed E-state index contributed by atoms with van der Waals surface area (Å²) in [5.74, 6) is -0.588. The maximum Gasteiger partial charge on any atom is 0.306 e. The van der Waals surface area contributed by atoms with Crippen LogP contribution in [0.15, 0.2) is 97.2 Å². The maximum absolute atomic E-state index is 12.4. The summed E-state index contributed by atoms with van der Waals surface area (Å²) in [6, 6.07) is 0. The second kappa shape index (κ2) is 78.1. The molecule has 0 saturated carbocycles. The molecule has 0 rings (SSSR count). The number of ether oxygens (including phenoxy) is 2. The van der Waals surface area contributed by atoms with Gasteiger partial charge in [-0.2, -0.15) is 0 Å². The van der Waals surface area contributed by atoms with Crippen LogP contribution in [0.1, 0.15) is 399 Å². The highest BCUT2D eigenvalue weighted by Gasteiger charge is 2.16. The molecular formula is C83H148O5. The highest BCUT2D eigenvalue weighted by Crippen LogP contribution is 2.19. The molecule has 0 aromatic heterocycles. The molecule has 0 radical (unpaired) electrons. The molecule has 0 saturated heterocycles. The van der Waals surface area contributed by atoms with Crippen molar-refractivity contribution in [3.63, 3.8) is 0 Å². The maximum atomic E-state index is 12.4. The fraction of sp³-hybridized carbons (Fsp3) is 0.783. The van der Waals surface area contributed by atoms with Crippen LogP contribution in [0.3, 0.4) is 0 Å². The Labute approximate surface area is 548 Å². The average molecular weight is 1230 g/mol. The second-order valence-corrected chi connectivity index (χ2v) is 26.1. The van der Waals surface area contributed by atoms with E-state index in [0.29, 0.717) is 12.8 Å². The summed E-state index contributed by atoms with van der Waals surface area (Å²) in [6.07, 6.45) is 112. The Morgan fingerprint density at radius 2 is 0.489 bits per heavy atom. The molecular weight excluding hydrogens is 1080 g/mol. The van der Waals surface area contributed by atoms with Crippen molar-refractivity contribution in [2.24, 2.45) is 0 Å². The lowest BCUT2D eigenvalue weighted by atomic mass is 10.0. The molecule has 0 heterocycles. The van der Waals surface area contributed by atoms with Crippen LogP contribution >= 0.6 is 0 Å². The van der Waals surface area contributed by atoms with Crippen LogP contribution in [0.25, 0.3) is 0 Å². The minimum atomic E-state index is -0.783. The zero-order valence-corrected chi connectivity index (χ0v) is 58.7. The van der Waals surface area contributed by atoms with Crippen molar-refractivity contribution >= 4 is 11.9 Å². The van der Waals surface area contributed by atoms with E-state index in [1.165, 1.54) is 276 Å². The van der Waals surface area contributed by atoms with E-state index in [-0.39, 0.29) is 25.2 Å². The van der Waals surface area contributed by atoms with E-state index in [4.69, 9.17) is 9.47 Å². The van der Waals surface area contributed by atoms with E-state index in [9.17, 15) is 14.7 Å².